The Kier molecular flexibility index (Phi) is 8.19. The lowest BCUT2D eigenvalue weighted by molar-refractivity contribution is 0.267. The van der Waals surface area contributed by atoms with Crippen molar-refractivity contribution in [3.05, 3.63) is 90.7 Å². The minimum Gasteiger partial charge on any atom is -0.490 e. The van der Waals surface area contributed by atoms with E-state index in [0.717, 1.165) is 9.13 Å². The maximum Gasteiger partial charge on any atom is 0.175 e. The first kappa shape index (κ1) is 23.4. The van der Waals surface area contributed by atoms with E-state index in [1.807, 2.05) is 19.1 Å². The maximum atomic E-state index is 14.1. The molecule has 0 saturated heterocycles. The standard InChI is InChI=1S/C24H17Cl2FINO2/c1-2-30-23-11-15(9-17(13-29)19-5-3-4-6-21(19)27)10-22(28)24(23)31-14-16-7-8-18(25)12-20(16)26/h3-12H,2,14H2,1H3/b17-9-. The van der Waals surface area contributed by atoms with Crippen LogP contribution < -0.4 is 9.47 Å². The number of benzene rings is 3. The molecule has 3 aromatic carbocycles. The summed E-state index contributed by atoms with van der Waals surface area (Å²) in [6, 6.07) is 17.1. The first-order chi connectivity index (χ1) is 14.9. The van der Waals surface area contributed by atoms with Crippen molar-refractivity contribution in [2.45, 2.75) is 13.5 Å². The van der Waals surface area contributed by atoms with Crippen molar-refractivity contribution in [3.8, 4) is 17.6 Å². The molecular formula is C24H17Cl2FINO2. The zero-order chi connectivity index (χ0) is 22.4. The highest BCUT2D eigenvalue weighted by Crippen LogP contribution is 2.36. The van der Waals surface area contributed by atoms with Crippen molar-refractivity contribution >= 4 is 57.4 Å². The molecule has 0 aliphatic carbocycles. The van der Waals surface area contributed by atoms with E-state index in [2.05, 4.69) is 28.7 Å². The van der Waals surface area contributed by atoms with Gasteiger partial charge < -0.3 is 9.47 Å². The van der Waals surface area contributed by atoms with E-state index in [-0.39, 0.29) is 17.7 Å². The Bertz CT molecular complexity index is 1170. The van der Waals surface area contributed by atoms with Gasteiger partial charge in [0.15, 0.2) is 11.5 Å². The third-order valence-electron chi connectivity index (χ3n) is 4.31. The molecule has 158 valence electrons. The summed E-state index contributed by atoms with van der Waals surface area (Å²) in [7, 11) is 0. The lowest BCUT2D eigenvalue weighted by Gasteiger charge is -2.15. The van der Waals surface area contributed by atoms with E-state index in [9.17, 15) is 9.65 Å². The second-order valence-electron chi connectivity index (χ2n) is 6.44. The van der Waals surface area contributed by atoms with E-state index < -0.39 is 5.82 Å². The van der Waals surface area contributed by atoms with Crippen molar-refractivity contribution < 1.29 is 13.9 Å². The van der Waals surface area contributed by atoms with Crippen LogP contribution in [0.25, 0.3) is 11.6 Å². The minimum atomic E-state index is -0.449. The van der Waals surface area contributed by atoms with Gasteiger partial charge in [-0.05, 0) is 71.5 Å². The van der Waals surface area contributed by atoms with E-state index in [4.69, 9.17) is 32.7 Å². The summed E-state index contributed by atoms with van der Waals surface area (Å²) in [5.74, 6) is 0.640. The molecule has 7 heteroatoms. The summed E-state index contributed by atoms with van der Waals surface area (Å²) in [5.41, 5.74) is 1.96. The molecule has 0 radical (unpaired) electrons. The van der Waals surface area contributed by atoms with Crippen LogP contribution in [-0.4, -0.2) is 6.61 Å². The molecule has 0 unspecified atom stereocenters. The van der Waals surface area contributed by atoms with Crippen molar-refractivity contribution in [1.82, 2.24) is 0 Å². The van der Waals surface area contributed by atoms with E-state index in [1.54, 1.807) is 42.5 Å². The SMILES string of the molecule is CCOc1cc(/C=C(/C#N)c2ccccc2F)cc(I)c1OCc1ccc(Cl)cc1Cl. The molecular weight excluding hydrogens is 551 g/mol. The smallest absolute Gasteiger partial charge is 0.175 e. The predicted octanol–water partition coefficient (Wildman–Crippen LogP) is 7.78. The van der Waals surface area contributed by atoms with Crippen LogP contribution >= 0.6 is 45.8 Å². The van der Waals surface area contributed by atoms with Gasteiger partial charge in [-0.1, -0.05) is 47.5 Å². The Hall–Kier alpha value is -2.27. The Labute approximate surface area is 204 Å². The van der Waals surface area contributed by atoms with Crippen molar-refractivity contribution in [2.75, 3.05) is 6.61 Å². The number of ether oxygens (including phenoxy) is 2. The third kappa shape index (κ3) is 5.91. The van der Waals surface area contributed by atoms with Gasteiger partial charge in [-0.25, -0.2) is 4.39 Å². The van der Waals surface area contributed by atoms with Crippen LogP contribution in [0.3, 0.4) is 0 Å². The molecule has 0 bridgehead atoms. The molecule has 0 aromatic heterocycles. The van der Waals surface area contributed by atoms with Gasteiger partial charge in [0.25, 0.3) is 0 Å². The fourth-order valence-corrected chi connectivity index (χ4v) is 4.12. The number of halogens is 4. The van der Waals surface area contributed by atoms with Gasteiger partial charge in [-0.3, -0.25) is 0 Å². The third-order valence-corrected chi connectivity index (χ3v) is 5.70. The number of allylic oxidation sites excluding steroid dienone is 1. The first-order valence-electron chi connectivity index (χ1n) is 9.32. The van der Waals surface area contributed by atoms with Crippen LogP contribution in [-0.2, 0) is 6.61 Å². The second kappa shape index (κ2) is 10.9. The number of nitriles is 1. The van der Waals surface area contributed by atoms with E-state index in [1.165, 1.54) is 6.07 Å². The Morgan fingerprint density at radius 3 is 2.58 bits per heavy atom. The fraction of sp³-hybridized carbons (Fsp3) is 0.125. The highest BCUT2D eigenvalue weighted by molar-refractivity contribution is 14.1. The fourth-order valence-electron chi connectivity index (χ4n) is 2.88. The number of hydrogen-bond acceptors (Lipinski definition) is 3. The van der Waals surface area contributed by atoms with E-state index in [0.29, 0.717) is 33.7 Å². The number of rotatable bonds is 7. The summed E-state index contributed by atoms with van der Waals surface area (Å²) < 4.78 is 26.7. The van der Waals surface area contributed by atoms with Gasteiger partial charge in [0.1, 0.15) is 12.4 Å². The zero-order valence-electron chi connectivity index (χ0n) is 16.5. The molecule has 3 rings (SSSR count). The lowest BCUT2D eigenvalue weighted by atomic mass is 10.0. The van der Waals surface area contributed by atoms with Gasteiger partial charge in [0.2, 0.25) is 0 Å². The minimum absolute atomic E-state index is 0.220. The maximum absolute atomic E-state index is 14.1. The highest BCUT2D eigenvalue weighted by atomic mass is 127. The average Bonchev–Trinajstić information content (AvgIpc) is 2.73. The van der Waals surface area contributed by atoms with Gasteiger partial charge >= 0.3 is 0 Å². The molecule has 3 nitrogen and oxygen atoms in total. The van der Waals surface area contributed by atoms with Gasteiger partial charge in [-0.15, -0.1) is 0 Å². The van der Waals surface area contributed by atoms with Gasteiger partial charge in [0, 0.05) is 21.2 Å². The zero-order valence-corrected chi connectivity index (χ0v) is 20.1. The molecule has 3 aromatic rings. The molecule has 0 aliphatic rings. The van der Waals surface area contributed by atoms with Crippen LogP contribution in [0.1, 0.15) is 23.6 Å². The van der Waals surface area contributed by atoms with Gasteiger partial charge in [0.05, 0.1) is 21.8 Å². The summed E-state index contributed by atoms with van der Waals surface area (Å²) in [6.45, 7) is 2.54. The molecule has 0 aliphatic heterocycles. The Balaban J connectivity index is 1.94. The Morgan fingerprint density at radius 2 is 1.90 bits per heavy atom. The molecule has 0 saturated carbocycles. The molecule has 0 spiro atoms. The summed E-state index contributed by atoms with van der Waals surface area (Å²) >= 11 is 14.3. The van der Waals surface area contributed by atoms with Gasteiger partial charge in [-0.2, -0.15) is 5.26 Å². The Morgan fingerprint density at radius 1 is 1.13 bits per heavy atom. The van der Waals surface area contributed by atoms with Crippen molar-refractivity contribution in [3.63, 3.8) is 0 Å². The number of nitrogens with zero attached hydrogens (tertiary/aromatic N) is 1. The summed E-state index contributed by atoms with van der Waals surface area (Å²) in [5, 5.41) is 10.6. The predicted molar refractivity (Wildman–Crippen MR) is 131 cm³/mol. The highest BCUT2D eigenvalue weighted by Gasteiger charge is 2.14. The monoisotopic (exact) mass is 567 g/mol. The quantitative estimate of drug-likeness (QED) is 0.166. The van der Waals surface area contributed by atoms with Crippen LogP contribution in [0.2, 0.25) is 10.0 Å². The number of hydrogen-bond donors (Lipinski definition) is 0. The molecule has 0 fully saturated rings. The van der Waals surface area contributed by atoms with Crippen molar-refractivity contribution in [1.29, 1.82) is 5.26 Å². The van der Waals surface area contributed by atoms with Crippen LogP contribution in [0.5, 0.6) is 11.5 Å². The molecule has 0 atom stereocenters. The normalized spacial score (nSPS) is 11.2. The molecule has 0 N–H and O–H groups in total. The van der Waals surface area contributed by atoms with E-state index >= 15 is 0 Å². The first-order valence-corrected chi connectivity index (χ1v) is 11.2. The molecule has 0 amide bonds. The van der Waals surface area contributed by atoms with Crippen molar-refractivity contribution in [2.24, 2.45) is 0 Å². The second-order valence-corrected chi connectivity index (χ2v) is 8.44. The average molecular weight is 568 g/mol. The van der Waals surface area contributed by atoms with Crippen LogP contribution in [0.15, 0.2) is 54.6 Å². The summed E-state index contributed by atoms with van der Waals surface area (Å²) in [4.78, 5) is 0. The van der Waals surface area contributed by atoms with Crippen LogP contribution in [0, 0.1) is 20.7 Å². The van der Waals surface area contributed by atoms with Crippen LogP contribution in [0.4, 0.5) is 4.39 Å². The largest absolute Gasteiger partial charge is 0.490 e. The lowest BCUT2D eigenvalue weighted by Crippen LogP contribution is -2.02. The molecule has 31 heavy (non-hydrogen) atoms. The summed E-state index contributed by atoms with van der Waals surface area (Å²) in [6.07, 6.45) is 1.63. The molecule has 0 heterocycles. The topological polar surface area (TPSA) is 42.2 Å².